The van der Waals surface area contributed by atoms with Crippen molar-refractivity contribution in [3.05, 3.63) is 24.2 Å². The molecule has 0 spiro atoms. The average molecular weight is 488 g/mol. The van der Waals surface area contributed by atoms with Gasteiger partial charge in [0, 0.05) is 45.1 Å². The molecule has 27 heavy (non-hydrogen) atoms. The van der Waals surface area contributed by atoms with Gasteiger partial charge in [-0.3, -0.25) is 9.79 Å². The molecule has 6 nitrogen and oxygen atoms in total. The molecule has 0 radical (unpaired) electrons. The maximum atomic E-state index is 11.5. The maximum Gasteiger partial charge on any atom is 0.219 e. The van der Waals surface area contributed by atoms with Crippen LogP contribution in [-0.2, 0) is 11.2 Å². The van der Waals surface area contributed by atoms with E-state index in [2.05, 4.69) is 10.6 Å². The van der Waals surface area contributed by atoms with Crippen LogP contribution in [0.15, 0.2) is 27.8 Å². The van der Waals surface area contributed by atoms with Crippen molar-refractivity contribution in [3.63, 3.8) is 0 Å². The number of rotatable bonds is 5. The van der Waals surface area contributed by atoms with Gasteiger partial charge < -0.3 is 20.0 Å². The van der Waals surface area contributed by atoms with E-state index in [1.54, 1.807) is 13.2 Å². The van der Waals surface area contributed by atoms with Crippen molar-refractivity contribution < 1.29 is 9.21 Å². The number of amides is 1. The number of nitrogens with zero attached hydrogens (tertiary/aromatic N) is 2. The van der Waals surface area contributed by atoms with E-state index in [4.69, 9.17) is 9.41 Å². The fourth-order valence-electron chi connectivity index (χ4n) is 3.84. The summed E-state index contributed by atoms with van der Waals surface area (Å²) in [6.07, 6.45) is 10.9. The largest absolute Gasteiger partial charge is 0.469 e. The molecule has 1 saturated heterocycles. The first kappa shape index (κ1) is 22.0. The molecule has 152 valence electrons. The highest BCUT2D eigenvalue weighted by atomic mass is 127. The molecule has 2 N–H and O–H groups in total. The standard InChI is InChI=1S/C20H32N4O2.HI/c1-16(25)24-13-10-18(11-14-24)23-20(22-17-6-3-2-4-7-17)21-12-9-19-8-5-15-26-19;/h5,8,15,17-18H,2-4,6-7,9-14H2,1H3,(H2,21,22,23);1H. The third kappa shape index (κ3) is 7.35. The molecule has 0 atom stereocenters. The molecular formula is C20H33IN4O2. The number of furan rings is 1. The van der Waals surface area contributed by atoms with E-state index in [-0.39, 0.29) is 29.9 Å². The Bertz CT molecular complexity index is 577. The van der Waals surface area contributed by atoms with Crippen molar-refractivity contribution in [2.75, 3.05) is 19.6 Å². The van der Waals surface area contributed by atoms with Crippen LogP contribution < -0.4 is 10.6 Å². The van der Waals surface area contributed by atoms with Gasteiger partial charge in [0.15, 0.2) is 5.96 Å². The molecule has 0 unspecified atom stereocenters. The van der Waals surface area contributed by atoms with Crippen LogP contribution in [0.25, 0.3) is 0 Å². The first-order chi connectivity index (χ1) is 12.7. The number of aliphatic imine (C=N–C) groups is 1. The number of halogens is 1. The minimum absolute atomic E-state index is 0. The Kier molecular flexibility index (Phi) is 9.44. The smallest absolute Gasteiger partial charge is 0.219 e. The SMILES string of the molecule is CC(=O)N1CCC(NC(=NCCc2ccco2)NC2CCCCC2)CC1.I. The number of nitrogens with one attached hydrogen (secondary N) is 2. The summed E-state index contributed by atoms with van der Waals surface area (Å²) in [5.41, 5.74) is 0. The van der Waals surface area contributed by atoms with Gasteiger partial charge in [0.05, 0.1) is 6.26 Å². The van der Waals surface area contributed by atoms with Crippen molar-refractivity contribution >= 4 is 35.8 Å². The van der Waals surface area contributed by atoms with Gasteiger partial charge in [-0.15, -0.1) is 24.0 Å². The predicted octanol–water partition coefficient (Wildman–Crippen LogP) is 3.32. The van der Waals surface area contributed by atoms with Crippen LogP contribution in [-0.4, -0.2) is 48.5 Å². The fraction of sp³-hybridized carbons (Fsp3) is 0.700. The Morgan fingerprint density at radius 1 is 1.15 bits per heavy atom. The van der Waals surface area contributed by atoms with Crippen molar-refractivity contribution in [2.45, 2.75) is 70.4 Å². The van der Waals surface area contributed by atoms with Crippen LogP contribution in [0.4, 0.5) is 0 Å². The molecule has 0 bridgehead atoms. The van der Waals surface area contributed by atoms with Gasteiger partial charge in [-0.05, 0) is 37.8 Å². The Labute approximate surface area is 179 Å². The lowest BCUT2D eigenvalue weighted by atomic mass is 9.95. The predicted molar refractivity (Wildman–Crippen MR) is 119 cm³/mol. The van der Waals surface area contributed by atoms with Crippen LogP contribution in [0.1, 0.15) is 57.6 Å². The molecular weight excluding hydrogens is 455 g/mol. The topological polar surface area (TPSA) is 69.9 Å². The van der Waals surface area contributed by atoms with E-state index >= 15 is 0 Å². The summed E-state index contributed by atoms with van der Waals surface area (Å²) < 4.78 is 5.40. The molecule has 1 aliphatic heterocycles. The van der Waals surface area contributed by atoms with Crippen molar-refractivity contribution in [1.29, 1.82) is 0 Å². The van der Waals surface area contributed by atoms with Crippen LogP contribution in [0.2, 0.25) is 0 Å². The summed E-state index contributed by atoms with van der Waals surface area (Å²) in [6.45, 7) is 4.02. The third-order valence-electron chi connectivity index (χ3n) is 5.44. The van der Waals surface area contributed by atoms with Crippen molar-refractivity contribution in [3.8, 4) is 0 Å². The van der Waals surface area contributed by atoms with Crippen LogP contribution in [0.3, 0.4) is 0 Å². The molecule has 1 saturated carbocycles. The minimum Gasteiger partial charge on any atom is -0.469 e. The summed E-state index contributed by atoms with van der Waals surface area (Å²) >= 11 is 0. The Morgan fingerprint density at radius 2 is 1.81 bits per heavy atom. The van der Waals surface area contributed by atoms with E-state index in [0.29, 0.717) is 18.6 Å². The average Bonchev–Trinajstić information content (AvgIpc) is 3.16. The van der Waals surface area contributed by atoms with Crippen molar-refractivity contribution in [2.24, 2.45) is 4.99 Å². The molecule has 2 fully saturated rings. The lowest BCUT2D eigenvalue weighted by molar-refractivity contribution is -0.129. The minimum atomic E-state index is 0. The Hall–Kier alpha value is -1.25. The van der Waals surface area contributed by atoms with Gasteiger partial charge in [-0.1, -0.05) is 19.3 Å². The zero-order valence-corrected chi connectivity index (χ0v) is 18.6. The normalized spacial score (nSPS) is 19.4. The summed E-state index contributed by atoms with van der Waals surface area (Å²) in [7, 11) is 0. The number of likely N-dealkylation sites (tertiary alicyclic amines) is 1. The molecule has 0 aromatic carbocycles. The molecule has 1 aliphatic carbocycles. The van der Waals surface area contributed by atoms with E-state index in [9.17, 15) is 4.79 Å². The molecule has 1 aromatic rings. The van der Waals surface area contributed by atoms with E-state index in [1.807, 2.05) is 17.0 Å². The second-order valence-corrected chi connectivity index (χ2v) is 7.46. The van der Waals surface area contributed by atoms with Gasteiger partial charge in [0.1, 0.15) is 5.76 Å². The van der Waals surface area contributed by atoms with Gasteiger partial charge in [-0.2, -0.15) is 0 Å². The van der Waals surface area contributed by atoms with Gasteiger partial charge in [0.25, 0.3) is 0 Å². The van der Waals surface area contributed by atoms with Crippen LogP contribution >= 0.6 is 24.0 Å². The van der Waals surface area contributed by atoms with Crippen LogP contribution in [0, 0.1) is 0 Å². The Morgan fingerprint density at radius 3 is 2.41 bits per heavy atom. The molecule has 1 aromatic heterocycles. The highest BCUT2D eigenvalue weighted by molar-refractivity contribution is 14.0. The number of hydrogen-bond acceptors (Lipinski definition) is 3. The molecule has 2 heterocycles. The highest BCUT2D eigenvalue weighted by Crippen LogP contribution is 2.17. The third-order valence-corrected chi connectivity index (χ3v) is 5.44. The van der Waals surface area contributed by atoms with Crippen molar-refractivity contribution in [1.82, 2.24) is 15.5 Å². The fourth-order valence-corrected chi connectivity index (χ4v) is 3.84. The Balaban J connectivity index is 0.00000261. The summed E-state index contributed by atoms with van der Waals surface area (Å²) in [5.74, 6) is 2.07. The quantitative estimate of drug-likeness (QED) is 0.379. The van der Waals surface area contributed by atoms with E-state index in [0.717, 1.165) is 44.1 Å². The van der Waals surface area contributed by atoms with Crippen LogP contribution in [0.5, 0.6) is 0 Å². The summed E-state index contributed by atoms with van der Waals surface area (Å²) in [4.78, 5) is 18.2. The number of carbonyl (C=O) groups excluding carboxylic acids is 1. The van der Waals surface area contributed by atoms with Gasteiger partial charge in [-0.25, -0.2) is 0 Å². The summed E-state index contributed by atoms with van der Waals surface area (Å²) in [6, 6.07) is 4.82. The molecule has 7 heteroatoms. The lowest BCUT2D eigenvalue weighted by Gasteiger charge is -2.33. The summed E-state index contributed by atoms with van der Waals surface area (Å²) in [5, 5.41) is 7.26. The molecule has 2 aliphatic rings. The number of piperidine rings is 1. The lowest BCUT2D eigenvalue weighted by Crippen LogP contribution is -2.51. The second kappa shape index (κ2) is 11.6. The van der Waals surface area contributed by atoms with E-state index in [1.165, 1.54) is 32.1 Å². The van der Waals surface area contributed by atoms with E-state index < -0.39 is 0 Å². The first-order valence-corrected chi connectivity index (χ1v) is 10.1. The first-order valence-electron chi connectivity index (χ1n) is 10.1. The zero-order valence-electron chi connectivity index (χ0n) is 16.3. The molecule has 3 rings (SSSR count). The zero-order chi connectivity index (χ0) is 18.2. The number of guanidine groups is 1. The highest BCUT2D eigenvalue weighted by Gasteiger charge is 2.22. The number of carbonyl (C=O) groups is 1. The second-order valence-electron chi connectivity index (χ2n) is 7.46. The van der Waals surface area contributed by atoms with Gasteiger partial charge >= 0.3 is 0 Å². The maximum absolute atomic E-state index is 11.5. The van der Waals surface area contributed by atoms with Gasteiger partial charge in [0.2, 0.25) is 5.91 Å². The number of hydrogen-bond donors (Lipinski definition) is 2. The monoisotopic (exact) mass is 488 g/mol. The molecule has 1 amide bonds.